The van der Waals surface area contributed by atoms with Gasteiger partial charge in [0, 0.05) is 36.2 Å². The molecule has 7 heteroatoms. The Hall–Kier alpha value is -1.11. The molecule has 0 spiro atoms. The standard InChI is InChI=1S/C17H24BrN3O2.ClH/c1-17(2,3)14(19)16(23)21-10-8-20(9-11-21)15(22)12-4-6-13(18)7-5-12;/h4-7,14H,8-11,19H2,1-3H3;1H/t14-;/m1./s1. The molecule has 1 saturated heterocycles. The maximum Gasteiger partial charge on any atom is 0.253 e. The summed E-state index contributed by atoms with van der Waals surface area (Å²) in [4.78, 5) is 28.4. The van der Waals surface area contributed by atoms with E-state index in [0.29, 0.717) is 31.7 Å². The number of nitrogens with zero attached hydrogens (tertiary/aromatic N) is 2. The Morgan fingerprint density at radius 2 is 1.50 bits per heavy atom. The van der Waals surface area contributed by atoms with Gasteiger partial charge < -0.3 is 15.5 Å². The predicted molar refractivity (Wildman–Crippen MR) is 101 cm³/mol. The molecule has 1 aromatic carbocycles. The summed E-state index contributed by atoms with van der Waals surface area (Å²) in [5.41, 5.74) is 6.45. The fraction of sp³-hybridized carbons (Fsp3) is 0.529. The van der Waals surface area contributed by atoms with Crippen molar-refractivity contribution < 1.29 is 9.59 Å². The van der Waals surface area contributed by atoms with E-state index < -0.39 is 6.04 Å². The molecule has 134 valence electrons. The van der Waals surface area contributed by atoms with Crippen molar-refractivity contribution in [3.05, 3.63) is 34.3 Å². The summed E-state index contributed by atoms with van der Waals surface area (Å²) in [5, 5.41) is 0. The Labute approximate surface area is 158 Å². The van der Waals surface area contributed by atoms with Crippen LogP contribution < -0.4 is 5.73 Å². The molecule has 2 N–H and O–H groups in total. The van der Waals surface area contributed by atoms with E-state index in [2.05, 4.69) is 15.9 Å². The largest absolute Gasteiger partial charge is 0.338 e. The molecule has 2 amide bonds. The Morgan fingerprint density at radius 3 is 1.96 bits per heavy atom. The minimum Gasteiger partial charge on any atom is -0.338 e. The van der Waals surface area contributed by atoms with Crippen LogP contribution in [0.5, 0.6) is 0 Å². The number of piperazine rings is 1. The average molecular weight is 419 g/mol. The summed E-state index contributed by atoms with van der Waals surface area (Å²) in [6, 6.07) is 6.81. The molecule has 1 aliphatic rings. The van der Waals surface area contributed by atoms with E-state index in [1.54, 1.807) is 21.9 Å². The summed E-state index contributed by atoms with van der Waals surface area (Å²) in [5.74, 6) is -0.0297. The second-order valence-corrected chi connectivity index (χ2v) is 7.88. The van der Waals surface area contributed by atoms with Crippen LogP contribution in [0, 0.1) is 5.41 Å². The molecule has 24 heavy (non-hydrogen) atoms. The zero-order valence-electron chi connectivity index (χ0n) is 14.3. The zero-order valence-corrected chi connectivity index (χ0v) is 16.7. The maximum absolute atomic E-state index is 12.5. The number of nitrogens with two attached hydrogens (primary N) is 1. The topological polar surface area (TPSA) is 66.6 Å². The van der Waals surface area contributed by atoms with Gasteiger partial charge in [-0.1, -0.05) is 36.7 Å². The predicted octanol–water partition coefficient (Wildman–Crippen LogP) is 2.53. The highest BCUT2D eigenvalue weighted by molar-refractivity contribution is 9.10. The molecule has 0 bridgehead atoms. The van der Waals surface area contributed by atoms with Crippen LogP contribution in [0.2, 0.25) is 0 Å². The molecule has 0 saturated carbocycles. The first kappa shape index (κ1) is 20.9. The third kappa shape index (κ3) is 4.94. The van der Waals surface area contributed by atoms with E-state index in [-0.39, 0.29) is 29.6 Å². The Bertz CT molecular complexity index is 578. The monoisotopic (exact) mass is 417 g/mol. The molecule has 1 fully saturated rings. The minimum absolute atomic E-state index is 0. The highest BCUT2D eigenvalue weighted by Crippen LogP contribution is 2.20. The second-order valence-electron chi connectivity index (χ2n) is 6.97. The lowest BCUT2D eigenvalue weighted by Crippen LogP contribution is -2.56. The number of halogens is 2. The summed E-state index contributed by atoms with van der Waals surface area (Å²) in [6.07, 6.45) is 0. The average Bonchev–Trinajstić information content (AvgIpc) is 2.53. The molecule has 1 aromatic rings. The Balaban J connectivity index is 0.00000288. The van der Waals surface area contributed by atoms with Gasteiger partial charge in [0.1, 0.15) is 0 Å². The van der Waals surface area contributed by atoms with Gasteiger partial charge in [-0.15, -0.1) is 12.4 Å². The first-order valence-electron chi connectivity index (χ1n) is 7.79. The van der Waals surface area contributed by atoms with Crippen LogP contribution in [0.3, 0.4) is 0 Å². The summed E-state index contributed by atoms with van der Waals surface area (Å²) >= 11 is 3.36. The zero-order chi connectivity index (χ0) is 17.2. The third-order valence-corrected chi connectivity index (χ3v) is 4.70. The number of carbonyl (C=O) groups is 2. The van der Waals surface area contributed by atoms with Crippen LogP contribution in [0.25, 0.3) is 0 Å². The molecule has 0 radical (unpaired) electrons. The number of carbonyl (C=O) groups excluding carboxylic acids is 2. The van der Waals surface area contributed by atoms with Gasteiger partial charge in [0.05, 0.1) is 6.04 Å². The van der Waals surface area contributed by atoms with Crippen LogP contribution >= 0.6 is 28.3 Å². The quantitative estimate of drug-likeness (QED) is 0.802. The lowest BCUT2D eigenvalue weighted by Gasteiger charge is -2.38. The van der Waals surface area contributed by atoms with Crippen molar-refractivity contribution in [2.75, 3.05) is 26.2 Å². The van der Waals surface area contributed by atoms with Crippen molar-refractivity contribution in [3.8, 4) is 0 Å². The van der Waals surface area contributed by atoms with Gasteiger partial charge in [0.15, 0.2) is 0 Å². The van der Waals surface area contributed by atoms with Gasteiger partial charge in [-0.05, 0) is 29.7 Å². The van der Waals surface area contributed by atoms with Crippen molar-refractivity contribution >= 4 is 40.2 Å². The molecular weight excluding hydrogens is 394 g/mol. The van der Waals surface area contributed by atoms with Crippen LogP contribution in [0.1, 0.15) is 31.1 Å². The van der Waals surface area contributed by atoms with E-state index in [9.17, 15) is 9.59 Å². The minimum atomic E-state index is -0.517. The van der Waals surface area contributed by atoms with Gasteiger partial charge in [-0.25, -0.2) is 0 Å². The lowest BCUT2D eigenvalue weighted by atomic mass is 9.86. The number of hydrogen-bond acceptors (Lipinski definition) is 3. The fourth-order valence-corrected chi connectivity index (χ4v) is 2.74. The molecule has 0 aromatic heterocycles. The molecule has 1 heterocycles. The molecule has 0 unspecified atom stereocenters. The van der Waals surface area contributed by atoms with Crippen molar-refractivity contribution in [2.24, 2.45) is 11.1 Å². The SMILES string of the molecule is CC(C)(C)[C@H](N)C(=O)N1CCN(C(=O)c2ccc(Br)cc2)CC1.Cl. The fourth-order valence-electron chi connectivity index (χ4n) is 2.47. The van der Waals surface area contributed by atoms with Crippen LogP contribution in [-0.2, 0) is 4.79 Å². The maximum atomic E-state index is 12.5. The molecule has 0 aliphatic carbocycles. The van der Waals surface area contributed by atoms with Gasteiger partial charge in [0.2, 0.25) is 5.91 Å². The molecule has 2 rings (SSSR count). The smallest absolute Gasteiger partial charge is 0.253 e. The molecule has 5 nitrogen and oxygen atoms in total. The highest BCUT2D eigenvalue weighted by Gasteiger charge is 2.33. The Kier molecular flexibility index (Phi) is 7.25. The summed E-state index contributed by atoms with van der Waals surface area (Å²) < 4.78 is 0.945. The number of hydrogen-bond donors (Lipinski definition) is 1. The summed E-state index contributed by atoms with van der Waals surface area (Å²) in [7, 11) is 0. The normalized spacial score (nSPS) is 16.4. The van der Waals surface area contributed by atoms with Crippen LogP contribution in [-0.4, -0.2) is 53.8 Å². The van der Waals surface area contributed by atoms with E-state index in [1.165, 1.54) is 0 Å². The van der Waals surface area contributed by atoms with Gasteiger partial charge in [-0.3, -0.25) is 9.59 Å². The van der Waals surface area contributed by atoms with Crippen LogP contribution in [0.15, 0.2) is 28.7 Å². The number of rotatable bonds is 2. The van der Waals surface area contributed by atoms with Crippen molar-refractivity contribution in [1.82, 2.24) is 9.80 Å². The van der Waals surface area contributed by atoms with Crippen LogP contribution in [0.4, 0.5) is 0 Å². The van der Waals surface area contributed by atoms with E-state index >= 15 is 0 Å². The third-order valence-electron chi connectivity index (χ3n) is 4.17. The summed E-state index contributed by atoms with van der Waals surface area (Å²) in [6.45, 7) is 8.03. The van der Waals surface area contributed by atoms with Gasteiger partial charge >= 0.3 is 0 Å². The molecular formula is C17H25BrClN3O2. The first-order chi connectivity index (χ1) is 10.7. The van der Waals surface area contributed by atoms with E-state index in [4.69, 9.17) is 5.73 Å². The lowest BCUT2D eigenvalue weighted by molar-refractivity contribution is -0.136. The first-order valence-corrected chi connectivity index (χ1v) is 8.58. The number of benzene rings is 1. The van der Waals surface area contributed by atoms with E-state index in [1.807, 2.05) is 32.9 Å². The van der Waals surface area contributed by atoms with Crippen molar-refractivity contribution in [1.29, 1.82) is 0 Å². The highest BCUT2D eigenvalue weighted by atomic mass is 79.9. The number of amides is 2. The Morgan fingerprint density at radius 1 is 1.04 bits per heavy atom. The van der Waals surface area contributed by atoms with Crippen molar-refractivity contribution in [2.45, 2.75) is 26.8 Å². The second kappa shape index (κ2) is 8.32. The molecule has 1 aliphatic heterocycles. The van der Waals surface area contributed by atoms with E-state index in [0.717, 1.165) is 4.47 Å². The van der Waals surface area contributed by atoms with Gasteiger partial charge in [-0.2, -0.15) is 0 Å². The van der Waals surface area contributed by atoms with Gasteiger partial charge in [0.25, 0.3) is 5.91 Å². The van der Waals surface area contributed by atoms with Crippen molar-refractivity contribution in [3.63, 3.8) is 0 Å². The molecule has 1 atom stereocenters.